The van der Waals surface area contributed by atoms with E-state index < -0.39 is 0 Å². The van der Waals surface area contributed by atoms with E-state index in [1.807, 2.05) is 26.2 Å². The van der Waals surface area contributed by atoms with Gasteiger partial charge in [0.15, 0.2) is 0 Å². The molecule has 0 saturated heterocycles. The molecule has 0 atom stereocenters. The minimum atomic E-state index is -0.319. The molecule has 122 valence electrons. The molecule has 1 aromatic heterocycles. The van der Waals surface area contributed by atoms with Gasteiger partial charge in [0.05, 0.1) is 0 Å². The van der Waals surface area contributed by atoms with Gasteiger partial charge < -0.3 is 15.5 Å². The van der Waals surface area contributed by atoms with E-state index in [2.05, 4.69) is 34.2 Å². The van der Waals surface area contributed by atoms with Gasteiger partial charge in [0.25, 0.3) is 5.91 Å². The van der Waals surface area contributed by atoms with Crippen LogP contribution >= 0.6 is 12.6 Å². The second-order valence-electron chi connectivity index (χ2n) is 5.63. The van der Waals surface area contributed by atoms with Crippen LogP contribution < -0.4 is 10.8 Å². The highest BCUT2D eigenvalue weighted by Gasteiger charge is 2.15. The summed E-state index contributed by atoms with van der Waals surface area (Å²) in [5.41, 5.74) is 3.23. The normalized spacial score (nSPS) is 11.8. The Morgan fingerprint density at radius 2 is 2.17 bits per heavy atom. The summed E-state index contributed by atoms with van der Waals surface area (Å²) in [7, 11) is 2.02. The number of carbonyl (C=O) groups is 1. The fourth-order valence-corrected chi connectivity index (χ4v) is 2.72. The Kier molecular flexibility index (Phi) is 6.59. The fraction of sp³-hybridized carbons (Fsp3) is 0.375. The minimum absolute atomic E-state index is 0.126. The Labute approximate surface area is 142 Å². The number of hydrogen-bond donors (Lipinski definition) is 4. The lowest BCUT2D eigenvalue weighted by atomic mass is 9.93. The van der Waals surface area contributed by atoms with Crippen LogP contribution in [0.3, 0.4) is 0 Å². The summed E-state index contributed by atoms with van der Waals surface area (Å²) < 4.78 is 0. The Hall–Kier alpha value is -1.89. The molecule has 23 heavy (non-hydrogen) atoms. The van der Waals surface area contributed by atoms with Crippen molar-refractivity contribution in [3.63, 3.8) is 0 Å². The summed E-state index contributed by atoms with van der Waals surface area (Å²) in [4.78, 5) is 15.3. The van der Waals surface area contributed by atoms with Crippen molar-refractivity contribution in [3.8, 4) is 0 Å². The van der Waals surface area contributed by atoms with Gasteiger partial charge in [-0.2, -0.15) is 12.6 Å². The van der Waals surface area contributed by atoms with Gasteiger partial charge in [-0.1, -0.05) is 29.2 Å². The highest BCUT2D eigenvalue weighted by Crippen LogP contribution is 2.17. The summed E-state index contributed by atoms with van der Waals surface area (Å²) >= 11 is 4.15. The number of nitrogens with one attached hydrogen (secondary N) is 2. The van der Waals surface area contributed by atoms with Crippen molar-refractivity contribution in [1.82, 2.24) is 10.3 Å². The van der Waals surface area contributed by atoms with Gasteiger partial charge in [-0.3, -0.25) is 4.79 Å². The van der Waals surface area contributed by atoms with Gasteiger partial charge >= 0.3 is 0 Å². The summed E-state index contributed by atoms with van der Waals surface area (Å²) in [6.45, 7) is 0.582. The van der Waals surface area contributed by atoms with Crippen molar-refractivity contribution >= 4 is 48.5 Å². The molecule has 1 heterocycles. The summed E-state index contributed by atoms with van der Waals surface area (Å²) in [5.74, 6) is 0.539. The van der Waals surface area contributed by atoms with Crippen molar-refractivity contribution in [3.05, 3.63) is 30.0 Å². The van der Waals surface area contributed by atoms with E-state index in [9.17, 15) is 4.79 Å². The zero-order chi connectivity index (χ0) is 16.7. The van der Waals surface area contributed by atoms with Crippen molar-refractivity contribution in [2.24, 2.45) is 5.16 Å². The number of nitrogens with zero attached hydrogens (tertiary/aromatic N) is 1. The highest BCUT2D eigenvalue weighted by molar-refractivity contribution is 7.80. The maximum absolute atomic E-state index is 12.1. The lowest BCUT2D eigenvalue weighted by molar-refractivity contribution is -0.115. The maximum atomic E-state index is 12.1. The van der Waals surface area contributed by atoms with Crippen molar-refractivity contribution in [2.75, 3.05) is 12.3 Å². The lowest BCUT2D eigenvalue weighted by Gasteiger charge is -2.06. The van der Waals surface area contributed by atoms with E-state index in [4.69, 9.17) is 5.21 Å². The smallest absolute Gasteiger partial charge is 0.269 e. The number of carbonyl (C=O) groups excluding carboxylic acids is 1. The number of aromatic amines is 1. The monoisotopic (exact) mass is 331 g/mol. The van der Waals surface area contributed by atoms with E-state index in [0.29, 0.717) is 13.0 Å². The molecule has 2 aromatic rings. The van der Waals surface area contributed by atoms with Crippen LogP contribution in [0.25, 0.3) is 10.9 Å². The summed E-state index contributed by atoms with van der Waals surface area (Å²) in [6, 6.07) is 6.10. The Morgan fingerprint density at radius 1 is 1.35 bits per heavy atom. The molecule has 1 aromatic carbocycles. The average molecular weight is 331 g/mol. The van der Waals surface area contributed by atoms with Gasteiger partial charge in [-0.25, -0.2) is 0 Å². The zero-order valence-corrected chi connectivity index (χ0v) is 14.2. The number of hydrogen-bond acceptors (Lipinski definition) is 4. The molecule has 0 aliphatic heterocycles. The van der Waals surface area contributed by atoms with Gasteiger partial charge in [-0.05, 0) is 30.2 Å². The number of aromatic nitrogens is 1. The molecule has 1 amide bonds. The van der Waals surface area contributed by atoms with Gasteiger partial charge in [0.1, 0.15) is 13.6 Å². The topological polar surface area (TPSA) is 77.5 Å². The van der Waals surface area contributed by atoms with Crippen LogP contribution in [0.2, 0.25) is 0 Å². The van der Waals surface area contributed by atoms with Crippen LogP contribution in [0.5, 0.6) is 0 Å². The number of benzene rings is 1. The third-order valence-corrected chi connectivity index (χ3v) is 4.10. The fourth-order valence-electron chi connectivity index (χ4n) is 2.50. The first-order chi connectivity index (χ1) is 11.2. The first-order valence-corrected chi connectivity index (χ1v) is 8.45. The van der Waals surface area contributed by atoms with Gasteiger partial charge in [0.2, 0.25) is 0 Å². The number of thiol groups is 1. The first kappa shape index (κ1) is 17.5. The van der Waals surface area contributed by atoms with Crippen LogP contribution in [0, 0.1) is 0 Å². The molecule has 0 bridgehead atoms. The second-order valence-corrected chi connectivity index (χ2v) is 6.07. The molecule has 7 heteroatoms. The molecule has 0 unspecified atom stereocenters. The number of amides is 1. The molecule has 2 rings (SSSR count). The van der Waals surface area contributed by atoms with E-state index in [1.54, 1.807) is 0 Å². The van der Waals surface area contributed by atoms with Crippen molar-refractivity contribution < 1.29 is 10.0 Å². The second kappa shape index (κ2) is 8.67. The van der Waals surface area contributed by atoms with E-state index >= 15 is 0 Å². The SMILES string of the molecule is Bc1ccc2[nH]cc(C/C(=N\O)C(=O)NCCCCCS)c2c1. The highest BCUT2D eigenvalue weighted by atomic mass is 32.1. The molecule has 0 aliphatic carbocycles. The number of H-pyrrole nitrogens is 1. The number of fused-ring (bicyclic) bond motifs is 1. The molecule has 0 saturated carbocycles. The van der Waals surface area contributed by atoms with Crippen LogP contribution in [-0.2, 0) is 11.2 Å². The minimum Gasteiger partial charge on any atom is -0.410 e. The molecule has 0 radical (unpaired) electrons. The van der Waals surface area contributed by atoms with Gasteiger partial charge in [-0.15, -0.1) is 0 Å². The molecule has 0 fully saturated rings. The van der Waals surface area contributed by atoms with E-state index in [-0.39, 0.29) is 11.6 Å². The first-order valence-electron chi connectivity index (χ1n) is 7.82. The van der Waals surface area contributed by atoms with Crippen LogP contribution in [0.15, 0.2) is 29.6 Å². The lowest BCUT2D eigenvalue weighted by Crippen LogP contribution is -2.33. The standard InChI is InChI=1S/C16H22BN3O2S/c17-12-4-5-14-13(9-12)11(10-19-14)8-15(20-22)16(21)18-6-2-1-3-7-23/h4-5,9-10,19,22-23H,1-3,6-8,17H2,(H,18,21)/b20-15+. The van der Waals surface area contributed by atoms with Crippen molar-refractivity contribution in [1.29, 1.82) is 0 Å². The molecular weight excluding hydrogens is 309 g/mol. The Balaban J connectivity index is 1.98. The Bertz CT molecular complexity index is 700. The van der Waals surface area contributed by atoms with Crippen LogP contribution in [-0.4, -0.2) is 42.0 Å². The van der Waals surface area contributed by atoms with Crippen LogP contribution in [0.1, 0.15) is 24.8 Å². The zero-order valence-electron chi connectivity index (χ0n) is 13.3. The summed E-state index contributed by atoms with van der Waals surface area (Å²) in [5, 5.41) is 16.2. The molecular formula is C16H22BN3O2S. The maximum Gasteiger partial charge on any atom is 0.269 e. The predicted molar refractivity (Wildman–Crippen MR) is 100 cm³/mol. The predicted octanol–water partition coefficient (Wildman–Crippen LogP) is 1.02. The van der Waals surface area contributed by atoms with Crippen LogP contribution in [0.4, 0.5) is 0 Å². The largest absolute Gasteiger partial charge is 0.410 e. The number of rotatable bonds is 8. The van der Waals surface area contributed by atoms with E-state index in [0.717, 1.165) is 46.9 Å². The molecule has 0 aliphatic rings. The molecule has 3 N–H and O–H groups in total. The quantitative estimate of drug-likeness (QED) is 0.146. The molecule has 5 nitrogen and oxygen atoms in total. The molecule has 0 spiro atoms. The number of oxime groups is 1. The Morgan fingerprint density at radius 3 is 2.91 bits per heavy atom. The van der Waals surface area contributed by atoms with Gasteiger partial charge in [0, 0.05) is 30.1 Å². The van der Waals surface area contributed by atoms with Crippen molar-refractivity contribution in [2.45, 2.75) is 25.7 Å². The number of unbranched alkanes of at least 4 members (excludes halogenated alkanes) is 2. The summed E-state index contributed by atoms with van der Waals surface area (Å²) in [6.07, 6.45) is 5.11. The van der Waals surface area contributed by atoms with E-state index in [1.165, 1.54) is 0 Å². The third kappa shape index (κ3) is 4.79. The average Bonchev–Trinajstić information content (AvgIpc) is 2.94. The third-order valence-electron chi connectivity index (χ3n) is 3.78.